The molecule has 0 N–H and O–H groups in total. The Hall–Kier alpha value is -2.42. The van der Waals surface area contributed by atoms with Gasteiger partial charge in [-0.2, -0.15) is 4.98 Å². The zero-order chi connectivity index (χ0) is 25.2. The molecule has 1 aliphatic carbocycles. The van der Waals surface area contributed by atoms with Crippen molar-refractivity contribution in [2.24, 2.45) is 5.92 Å². The maximum atomic E-state index is 13.8. The van der Waals surface area contributed by atoms with Gasteiger partial charge in [-0.25, -0.2) is 0 Å². The summed E-state index contributed by atoms with van der Waals surface area (Å²) in [5, 5.41) is 4.06. The van der Waals surface area contributed by atoms with Gasteiger partial charge in [-0.15, -0.1) is 0 Å². The van der Waals surface area contributed by atoms with E-state index in [-0.39, 0.29) is 36.3 Å². The van der Waals surface area contributed by atoms with Gasteiger partial charge in [-0.1, -0.05) is 54.2 Å². The largest absolute Gasteiger partial charge is 0.485 e. The van der Waals surface area contributed by atoms with Crippen molar-refractivity contribution in [3.63, 3.8) is 0 Å². The van der Waals surface area contributed by atoms with E-state index in [0.29, 0.717) is 37.0 Å². The van der Waals surface area contributed by atoms with E-state index in [4.69, 9.17) is 9.26 Å². The molecule has 1 saturated heterocycles. The van der Waals surface area contributed by atoms with Crippen LogP contribution in [0.2, 0.25) is 0 Å². The second-order valence-corrected chi connectivity index (χ2v) is 11.4. The van der Waals surface area contributed by atoms with Crippen LogP contribution in [0.15, 0.2) is 21.1 Å². The van der Waals surface area contributed by atoms with Gasteiger partial charge >= 0.3 is 0 Å². The Morgan fingerprint density at radius 3 is 2.67 bits per heavy atom. The van der Waals surface area contributed by atoms with Gasteiger partial charge in [0.1, 0.15) is 5.75 Å². The van der Waals surface area contributed by atoms with Crippen LogP contribution in [0.25, 0.3) is 0 Å². The molecule has 0 radical (unpaired) electrons. The minimum Gasteiger partial charge on any atom is -0.485 e. The third kappa shape index (κ3) is 5.17. The van der Waals surface area contributed by atoms with Crippen LogP contribution in [0, 0.1) is 5.92 Å². The molecule has 5 rings (SSSR count). The summed E-state index contributed by atoms with van der Waals surface area (Å²) in [4.78, 5) is 34.8. The van der Waals surface area contributed by atoms with Crippen LogP contribution in [0.3, 0.4) is 0 Å². The molecule has 2 aliphatic heterocycles. The van der Waals surface area contributed by atoms with Crippen LogP contribution in [-0.4, -0.2) is 51.4 Å². The average Bonchev–Trinajstić information content (AvgIpc) is 3.53. The minimum atomic E-state index is -0.241. The highest BCUT2D eigenvalue weighted by atomic mass is 79.9. The molecule has 8 nitrogen and oxygen atoms in total. The number of halogens is 1. The lowest BCUT2D eigenvalue weighted by Crippen LogP contribution is -2.48. The summed E-state index contributed by atoms with van der Waals surface area (Å²) in [5.41, 5.74) is 2.14. The van der Waals surface area contributed by atoms with E-state index in [2.05, 4.69) is 26.1 Å². The smallest absolute Gasteiger partial charge is 0.229 e. The normalized spacial score (nSPS) is 20.8. The summed E-state index contributed by atoms with van der Waals surface area (Å²) >= 11 is 3.74. The van der Waals surface area contributed by atoms with E-state index >= 15 is 0 Å². The molecule has 0 unspecified atom stereocenters. The molecular formula is C27H35BrN4O4. The number of amides is 2. The zero-order valence-electron chi connectivity index (χ0n) is 21.2. The maximum Gasteiger partial charge on any atom is 0.229 e. The predicted octanol–water partition coefficient (Wildman–Crippen LogP) is 5.16. The molecule has 1 atom stereocenters. The van der Waals surface area contributed by atoms with Crippen molar-refractivity contribution in [2.75, 3.05) is 19.6 Å². The van der Waals surface area contributed by atoms with Crippen LogP contribution < -0.4 is 4.74 Å². The summed E-state index contributed by atoms with van der Waals surface area (Å²) in [6.07, 6.45) is 7.53. The highest BCUT2D eigenvalue weighted by molar-refractivity contribution is 9.10. The first kappa shape index (κ1) is 25.2. The highest BCUT2D eigenvalue weighted by Crippen LogP contribution is 2.42. The number of rotatable bonds is 7. The van der Waals surface area contributed by atoms with Crippen molar-refractivity contribution in [3.8, 4) is 5.75 Å². The molecule has 0 spiro atoms. The van der Waals surface area contributed by atoms with Gasteiger partial charge in [0.25, 0.3) is 0 Å². The van der Waals surface area contributed by atoms with Gasteiger partial charge < -0.3 is 19.1 Å². The fourth-order valence-corrected chi connectivity index (χ4v) is 6.30. The number of ether oxygens (including phenoxy) is 1. The Morgan fingerprint density at radius 1 is 1.17 bits per heavy atom. The predicted molar refractivity (Wildman–Crippen MR) is 137 cm³/mol. The fourth-order valence-electron chi connectivity index (χ4n) is 5.75. The molecule has 194 valence electrons. The lowest BCUT2D eigenvalue weighted by molar-refractivity contribution is -0.141. The van der Waals surface area contributed by atoms with Gasteiger partial charge in [0, 0.05) is 47.9 Å². The molecule has 1 saturated carbocycles. The first-order valence-electron chi connectivity index (χ1n) is 13.3. The molecule has 36 heavy (non-hydrogen) atoms. The Bertz CT molecular complexity index is 1110. The molecule has 1 aromatic heterocycles. The van der Waals surface area contributed by atoms with Gasteiger partial charge in [-0.3, -0.25) is 9.59 Å². The van der Waals surface area contributed by atoms with Crippen LogP contribution in [0.1, 0.15) is 93.6 Å². The van der Waals surface area contributed by atoms with Gasteiger partial charge in [0.05, 0.1) is 6.04 Å². The van der Waals surface area contributed by atoms with Crippen LogP contribution in [-0.2, 0) is 22.6 Å². The molecular weight excluding hydrogens is 524 g/mol. The maximum absolute atomic E-state index is 13.8. The summed E-state index contributed by atoms with van der Waals surface area (Å²) in [7, 11) is 0. The third-order valence-electron chi connectivity index (χ3n) is 7.71. The van der Waals surface area contributed by atoms with Crippen LogP contribution in [0.5, 0.6) is 5.75 Å². The Labute approximate surface area is 220 Å². The lowest BCUT2D eigenvalue weighted by Gasteiger charge is -2.42. The van der Waals surface area contributed by atoms with E-state index in [0.717, 1.165) is 60.7 Å². The molecule has 1 aromatic carbocycles. The van der Waals surface area contributed by atoms with Gasteiger partial charge in [0.2, 0.25) is 23.5 Å². The van der Waals surface area contributed by atoms with E-state index in [9.17, 15) is 9.59 Å². The monoisotopic (exact) mass is 558 g/mol. The number of hydrogen-bond donors (Lipinski definition) is 0. The quantitative estimate of drug-likeness (QED) is 0.466. The lowest BCUT2D eigenvalue weighted by atomic mass is 9.85. The number of fused-ring (bicyclic) bond motifs is 1. The van der Waals surface area contributed by atoms with Gasteiger partial charge in [0.15, 0.2) is 6.61 Å². The third-order valence-corrected chi connectivity index (χ3v) is 8.45. The number of nitrogens with zero attached hydrogens (tertiary/aromatic N) is 4. The topological polar surface area (TPSA) is 88.8 Å². The first-order chi connectivity index (χ1) is 17.4. The Balaban J connectivity index is 1.47. The summed E-state index contributed by atoms with van der Waals surface area (Å²) in [5.74, 6) is 2.40. The number of likely N-dealkylation sites (tertiary alicyclic amines) is 1. The first-order valence-corrected chi connectivity index (χ1v) is 14.1. The minimum absolute atomic E-state index is 0.0717. The SMILES string of the molecule is CC(C)c1nc(COc2ccc(Br)c3c2[C@@H](CN2CCCC2=O)N(C(=O)C2CCCCC2)CC3)no1. The molecule has 3 aliphatic rings. The van der Waals surface area contributed by atoms with E-state index < -0.39 is 0 Å². The van der Waals surface area contributed by atoms with Gasteiger partial charge in [-0.05, 0) is 43.4 Å². The molecule has 2 aromatic rings. The van der Waals surface area contributed by atoms with Crippen LogP contribution >= 0.6 is 15.9 Å². The van der Waals surface area contributed by atoms with Crippen molar-refractivity contribution in [2.45, 2.75) is 83.8 Å². The van der Waals surface area contributed by atoms with Crippen molar-refractivity contribution in [1.82, 2.24) is 19.9 Å². The number of carbonyl (C=O) groups excluding carboxylic acids is 2. The molecule has 2 fully saturated rings. The molecule has 3 heterocycles. The highest BCUT2D eigenvalue weighted by Gasteiger charge is 2.39. The number of carbonyl (C=O) groups is 2. The summed E-state index contributed by atoms with van der Waals surface area (Å²) in [6.45, 7) is 6.07. The van der Waals surface area contributed by atoms with Crippen molar-refractivity contribution in [1.29, 1.82) is 0 Å². The molecule has 2 amide bonds. The number of hydrogen-bond acceptors (Lipinski definition) is 6. The van der Waals surface area contributed by atoms with E-state index in [1.165, 1.54) is 6.42 Å². The molecule has 9 heteroatoms. The second kappa shape index (κ2) is 10.9. The second-order valence-electron chi connectivity index (χ2n) is 10.5. The Kier molecular flexibility index (Phi) is 7.65. The number of aromatic nitrogens is 2. The fraction of sp³-hybridized carbons (Fsp3) is 0.630. The number of benzene rings is 1. The standard InChI is InChI=1S/C27H35BrN4O4/c1-17(2)26-29-23(30-36-26)16-35-22-11-10-20(28)19-12-14-32(27(34)18-7-4-3-5-8-18)21(25(19)22)15-31-13-6-9-24(31)33/h10-11,17-18,21H,3-9,12-16H2,1-2H3/t21-/m1/s1. The van der Waals surface area contributed by atoms with E-state index in [1.54, 1.807) is 0 Å². The molecule has 0 bridgehead atoms. The van der Waals surface area contributed by atoms with Crippen molar-refractivity contribution >= 4 is 27.7 Å². The summed E-state index contributed by atoms with van der Waals surface area (Å²) in [6, 6.07) is 3.70. The zero-order valence-corrected chi connectivity index (χ0v) is 22.8. The van der Waals surface area contributed by atoms with Crippen molar-refractivity contribution < 1.29 is 18.8 Å². The van der Waals surface area contributed by atoms with Crippen molar-refractivity contribution in [3.05, 3.63) is 39.4 Å². The van der Waals surface area contributed by atoms with E-state index in [1.807, 2.05) is 35.8 Å². The van der Waals surface area contributed by atoms with Crippen LogP contribution in [0.4, 0.5) is 0 Å². The average molecular weight is 560 g/mol. The summed E-state index contributed by atoms with van der Waals surface area (Å²) < 4.78 is 12.6. The Morgan fingerprint density at radius 2 is 1.97 bits per heavy atom.